The fourth-order valence-electron chi connectivity index (χ4n) is 2.93. The molecular formula is C22H22BrN3O3. The number of esters is 1. The highest BCUT2D eigenvalue weighted by Gasteiger charge is 2.14. The first-order valence-electron chi connectivity index (χ1n) is 9.22. The van der Waals surface area contributed by atoms with Gasteiger partial charge in [-0.25, -0.2) is 9.48 Å². The lowest BCUT2D eigenvalue weighted by molar-refractivity contribution is 0.0526. The molecule has 0 aliphatic heterocycles. The SMILES string of the molecule is CCOC(=O)c1ccc(N=Cc2c(C)[nH]n(-c3ccc(Br)c(C)c3C)c2=O)cc1. The molecule has 0 saturated carbocycles. The first-order valence-corrected chi connectivity index (χ1v) is 10.0. The van der Waals surface area contributed by atoms with E-state index in [2.05, 4.69) is 26.0 Å². The molecule has 0 unspecified atom stereocenters. The van der Waals surface area contributed by atoms with E-state index in [1.165, 1.54) is 4.68 Å². The predicted molar refractivity (Wildman–Crippen MR) is 118 cm³/mol. The summed E-state index contributed by atoms with van der Waals surface area (Å²) in [6, 6.07) is 10.6. The van der Waals surface area contributed by atoms with Gasteiger partial charge < -0.3 is 4.74 Å². The Morgan fingerprint density at radius 2 is 1.83 bits per heavy atom. The summed E-state index contributed by atoms with van der Waals surface area (Å²) < 4.78 is 7.51. The van der Waals surface area contributed by atoms with Gasteiger partial charge in [0.2, 0.25) is 0 Å². The molecule has 0 bridgehead atoms. The van der Waals surface area contributed by atoms with Crippen molar-refractivity contribution < 1.29 is 9.53 Å². The van der Waals surface area contributed by atoms with Crippen molar-refractivity contribution in [2.45, 2.75) is 27.7 Å². The number of aromatic amines is 1. The number of carbonyl (C=O) groups is 1. The lowest BCUT2D eigenvalue weighted by Crippen LogP contribution is -2.18. The van der Waals surface area contributed by atoms with Crippen LogP contribution in [0.3, 0.4) is 0 Å². The van der Waals surface area contributed by atoms with Crippen molar-refractivity contribution in [1.29, 1.82) is 0 Å². The van der Waals surface area contributed by atoms with E-state index in [-0.39, 0.29) is 11.5 Å². The van der Waals surface area contributed by atoms with Crippen LogP contribution in [0.1, 0.15) is 39.7 Å². The van der Waals surface area contributed by atoms with Gasteiger partial charge in [-0.3, -0.25) is 14.9 Å². The number of halogens is 1. The number of hydrogen-bond acceptors (Lipinski definition) is 4. The topological polar surface area (TPSA) is 76.4 Å². The van der Waals surface area contributed by atoms with Gasteiger partial charge in [0.15, 0.2) is 0 Å². The molecule has 0 saturated heterocycles. The van der Waals surface area contributed by atoms with Crippen LogP contribution in [0.15, 0.2) is 50.7 Å². The normalized spacial score (nSPS) is 11.2. The first kappa shape index (κ1) is 20.8. The molecule has 3 aromatic rings. The largest absolute Gasteiger partial charge is 0.462 e. The summed E-state index contributed by atoms with van der Waals surface area (Å²) >= 11 is 3.52. The molecule has 6 nitrogen and oxygen atoms in total. The van der Waals surface area contributed by atoms with Crippen LogP contribution in [0.5, 0.6) is 0 Å². The second kappa shape index (κ2) is 8.61. The van der Waals surface area contributed by atoms with Gasteiger partial charge in [0, 0.05) is 16.4 Å². The molecule has 0 amide bonds. The smallest absolute Gasteiger partial charge is 0.338 e. The molecule has 1 N–H and O–H groups in total. The van der Waals surface area contributed by atoms with Crippen molar-refractivity contribution in [3.05, 3.63) is 79.2 Å². The van der Waals surface area contributed by atoms with E-state index in [9.17, 15) is 9.59 Å². The standard InChI is InChI=1S/C22H22BrN3O3/c1-5-29-22(28)16-6-8-17(9-7-16)24-12-18-15(4)25-26(21(18)27)20-11-10-19(23)13(2)14(20)3/h6-12,25H,5H2,1-4H3. The van der Waals surface area contributed by atoms with E-state index in [4.69, 9.17) is 4.74 Å². The minimum atomic E-state index is -0.368. The number of aliphatic imine (C=N–C) groups is 1. The number of aryl methyl sites for hydroxylation is 1. The number of rotatable bonds is 5. The van der Waals surface area contributed by atoms with Gasteiger partial charge in [-0.05, 0) is 75.2 Å². The second-order valence-corrected chi connectivity index (χ2v) is 7.49. The van der Waals surface area contributed by atoms with Crippen molar-refractivity contribution in [3.63, 3.8) is 0 Å². The maximum absolute atomic E-state index is 12.9. The molecule has 0 fully saturated rings. The summed E-state index contributed by atoms with van der Waals surface area (Å²) in [5.41, 5.74) is 5.05. The highest BCUT2D eigenvalue weighted by Crippen LogP contribution is 2.24. The summed E-state index contributed by atoms with van der Waals surface area (Å²) in [4.78, 5) is 29.1. The quantitative estimate of drug-likeness (QED) is 0.444. The Morgan fingerprint density at radius 1 is 1.14 bits per heavy atom. The number of H-pyrrole nitrogens is 1. The van der Waals surface area contributed by atoms with Gasteiger partial charge in [-0.1, -0.05) is 15.9 Å². The molecule has 0 spiro atoms. The summed E-state index contributed by atoms with van der Waals surface area (Å²) in [5.74, 6) is -0.368. The summed E-state index contributed by atoms with van der Waals surface area (Å²) in [7, 11) is 0. The van der Waals surface area contributed by atoms with Crippen molar-refractivity contribution in [3.8, 4) is 5.69 Å². The van der Waals surface area contributed by atoms with Gasteiger partial charge in [0.25, 0.3) is 5.56 Å². The van der Waals surface area contributed by atoms with Crippen molar-refractivity contribution >= 4 is 33.8 Å². The van der Waals surface area contributed by atoms with E-state index in [0.717, 1.165) is 27.0 Å². The Balaban J connectivity index is 1.91. The van der Waals surface area contributed by atoms with Gasteiger partial charge in [0.1, 0.15) is 0 Å². The number of hydrogen-bond donors (Lipinski definition) is 1. The average Bonchev–Trinajstić information content (AvgIpc) is 2.99. The number of nitrogens with zero attached hydrogens (tertiary/aromatic N) is 2. The van der Waals surface area contributed by atoms with Gasteiger partial charge >= 0.3 is 5.97 Å². The monoisotopic (exact) mass is 455 g/mol. The summed E-state index contributed by atoms with van der Waals surface area (Å²) in [5, 5.41) is 3.13. The molecule has 0 radical (unpaired) electrons. The minimum absolute atomic E-state index is 0.167. The Kier molecular flexibility index (Phi) is 6.17. The Morgan fingerprint density at radius 3 is 2.48 bits per heavy atom. The molecule has 1 aromatic heterocycles. The highest BCUT2D eigenvalue weighted by atomic mass is 79.9. The molecule has 7 heteroatoms. The summed E-state index contributed by atoms with van der Waals surface area (Å²) in [6.45, 7) is 7.92. The Hall–Kier alpha value is -2.93. The van der Waals surface area contributed by atoms with Crippen molar-refractivity contribution in [1.82, 2.24) is 9.78 Å². The van der Waals surface area contributed by atoms with Crippen LogP contribution in [0.4, 0.5) is 5.69 Å². The molecule has 0 atom stereocenters. The molecule has 150 valence electrons. The fraction of sp³-hybridized carbons (Fsp3) is 0.227. The third-order valence-electron chi connectivity index (χ3n) is 4.77. The number of benzene rings is 2. The Labute approximate surface area is 177 Å². The van der Waals surface area contributed by atoms with Gasteiger partial charge in [-0.2, -0.15) is 0 Å². The third kappa shape index (κ3) is 4.24. The van der Waals surface area contributed by atoms with Crippen LogP contribution >= 0.6 is 15.9 Å². The predicted octanol–water partition coefficient (Wildman–Crippen LogP) is 4.78. The number of nitrogens with one attached hydrogen (secondary N) is 1. The fourth-order valence-corrected chi connectivity index (χ4v) is 3.36. The maximum atomic E-state index is 12.9. The van der Waals surface area contributed by atoms with Crippen LogP contribution in [0.25, 0.3) is 5.69 Å². The van der Waals surface area contributed by atoms with Crippen LogP contribution in [-0.4, -0.2) is 28.6 Å². The second-order valence-electron chi connectivity index (χ2n) is 6.63. The average molecular weight is 456 g/mol. The van der Waals surface area contributed by atoms with E-state index in [1.54, 1.807) is 37.4 Å². The van der Waals surface area contributed by atoms with E-state index in [0.29, 0.717) is 23.4 Å². The zero-order valence-electron chi connectivity index (χ0n) is 16.7. The third-order valence-corrected chi connectivity index (χ3v) is 5.63. The maximum Gasteiger partial charge on any atom is 0.338 e. The Bertz CT molecular complexity index is 1140. The van der Waals surface area contributed by atoms with E-state index >= 15 is 0 Å². The minimum Gasteiger partial charge on any atom is -0.462 e. The zero-order valence-corrected chi connectivity index (χ0v) is 18.3. The molecule has 2 aromatic carbocycles. The molecular weight excluding hydrogens is 434 g/mol. The number of aromatic nitrogens is 2. The molecule has 0 aliphatic rings. The van der Waals surface area contributed by atoms with E-state index < -0.39 is 0 Å². The molecule has 29 heavy (non-hydrogen) atoms. The molecule has 3 rings (SSSR count). The van der Waals surface area contributed by atoms with Crippen molar-refractivity contribution in [2.75, 3.05) is 6.61 Å². The lowest BCUT2D eigenvalue weighted by atomic mass is 10.1. The van der Waals surface area contributed by atoms with Crippen molar-refractivity contribution in [2.24, 2.45) is 4.99 Å². The molecule has 0 aliphatic carbocycles. The molecule has 1 heterocycles. The van der Waals surface area contributed by atoms with Gasteiger partial charge in [-0.15, -0.1) is 0 Å². The lowest BCUT2D eigenvalue weighted by Gasteiger charge is -2.10. The van der Waals surface area contributed by atoms with Crippen LogP contribution < -0.4 is 5.56 Å². The number of ether oxygens (including phenoxy) is 1. The van der Waals surface area contributed by atoms with Crippen LogP contribution in [0, 0.1) is 20.8 Å². The first-order chi connectivity index (χ1) is 13.8. The van der Waals surface area contributed by atoms with E-state index in [1.807, 2.05) is 32.9 Å². The van der Waals surface area contributed by atoms with Gasteiger partial charge in [0.05, 0.1) is 29.1 Å². The zero-order chi connectivity index (χ0) is 21.1. The summed E-state index contributed by atoms with van der Waals surface area (Å²) in [6.07, 6.45) is 1.55. The van der Waals surface area contributed by atoms with Crippen LogP contribution in [-0.2, 0) is 4.74 Å². The van der Waals surface area contributed by atoms with Crippen LogP contribution in [0.2, 0.25) is 0 Å². The highest BCUT2D eigenvalue weighted by molar-refractivity contribution is 9.10. The number of carbonyl (C=O) groups excluding carboxylic acids is 1.